The van der Waals surface area contributed by atoms with Gasteiger partial charge in [0, 0.05) is 24.7 Å². The van der Waals surface area contributed by atoms with E-state index in [0.29, 0.717) is 30.2 Å². The third kappa shape index (κ3) is 3.65. The maximum absolute atomic E-state index is 12.6. The molecule has 1 saturated heterocycles. The number of aliphatic hydroxyl groups excluding tert-OH is 1. The first kappa shape index (κ1) is 15.6. The van der Waals surface area contributed by atoms with Crippen LogP contribution in [0.3, 0.4) is 0 Å². The molecule has 0 aliphatic carbocycles. The van der Waals surface area contributed by atoms with Gasteiger partial charge in [-0.15, -0.1) is 0 Å². The van der Waals surface area contributed by atoms with Gasteiger partial charge in [0.1, 0.15) is 11.5 Å². The van der Waals surface area contributed by atoms with E-state index in [-0.39, 0.29) is 24.7 Å². The van der Waals surface area contributed by atoms with Crippen LogP contribution in [0.4, 0.5) is 0 Å². The minimum Gasteiger partial charge on any atom is -0.497 e. The summed E-state index contributed by atoms with van der Waals surface area (Å²) in [5, 5.41) is 9.24. The minimum atomic E-state index is -0.342. The topological polar surface area (TPSA) is 68.2 Å². The fourth-order valence-corrected chi connectivity index (χ4v) is 2.43. The lowest BCUT2D eigenvalue weighted by Crippen LogP contribution is -2.50. The van der Waals surface area contributed by atoms with Crippen LogP contribution in [0.1, 0.15) is 17.3 Å². The summed E-state index contributed by atoms with van der Waals surface area (Å²) in [6, 6.07) is 5.08. The molecule has 2 atom stereocenters. The molecule has 0 radical (unpaired) electrons. The molecule has 1 aliphatic heterocycles. The second-order valence-corrected chi connectivity index (χ2v) is 5.06. The Hall–Kier alpha value is -1.79. The molecule has 6 nitrogen and oxygen atoms in total. The van der Waals surface area contributed by atoms with Gasteiger partial charge in [-0.1, -0.05) is 0 Å². The molecule has 0 bridgehead atoms. The summed E-state index contributed by atoms with van der Waals surface area (Å²) in [5.41, 5.74) is 0.497. The summed E-state index contributed by atoms with van der Waals surface area (Å²) in [6.45, 7) is 2.65. The van der Waals surface area contributed by atoms with Gasteiger partial charge in [-0.2, -0.15) is 0 Å². The minimum absolute atomic E-state index is 0.102. The van der Waals surface area contributed by atoms with Crippen LogP contribution in [0.5, 0.6) is 11.5 Å². The normalized spacial score (nSPS) is 22.0. The fraction of sp³-hybridized carbons (Fsp3) is 0.533. The van der Waals surface area contributed by atoms with E-state index in [0.717, 1.165) is 0 Å². The molecule has 0 spiro atoms. The summed E-state index contributed by atoms with van der Waals surface area (Å²) in [4.78, 5) is 14.3. The number of benzene rings is 1. The molecule has 21 heavy (non-hydrogen) atoms. The number of methoxy groups -OCH3 is 2. The van der Waals surface area contributed by atoms with Crippen molar-refractivity contribution in [3.63, 3.8) is 0 Å². The lowest BCUT2D eigenvalue weighted by molar-refractivity contribution is -0.0858. The fourth-order valence-electron chi connectivity index (χ4n) is 2.43. The van der Waals surface area contributed by atoms with Gasteiger partial charge in [0.2, 0.25) is 0 Å². The first-order valence-electron chi connectivity index (χ1n) is 6.86. The lowest BCUT2D eigenvalue weighted by atomic mass is 10.1. The molecule has 0 saturated carbocycles. The second-order valence-electron chi connectivity index (χ2n) is 5.06. The van der Waals surface area contributed by atoms with Crippen molar-refractivity contribution in [2.24, 2.45) is 0 Å². The number of morpholine rings is 1. The highest BCUT2D eigenvalue weighted by atomic mass is 16.5. The number of aliphatic hydroxyl groups is 1. The molecule has 1 N–H and O–H groups in total. The highest BCUT2D eigenvalue weighted by Crippen LogP contribution is 2.24. The van der Waals surface area contributed by atoms with Crippen molar-refractivity contribution in [1.29, 1.82) is 0 Å². The quantitative estimate of drug-likeness (QED) is 0.895. The number of carbonyl (C=O) groups excluding carboxylic acids is 1. The van der Waals surface area contributed by atoms with Gasteiger partial charge in [0.05, 0.1) is 33.0 Å². The van der Waals surface area contributed by atoms with Gasteiger partial charge in [0.15, 0.2) is 0 Å². The third-order valence-corrected chi connectivity index (χ3v) is 3.42. The SMILES string of the molecule is COc1cc(OC)cc(C(=O)N2CC(C)OC(CO)C2)c1. The molecular weight excluding hydrogens is 274 g/mol. The van der Waals surface area contributed by atoms with Gasteiger partial charge in [-0.05, 0) is 19.1 Å². The van der Waals surface area contributed by atoms with E-state index >= 15 is 0 Å². The number of hydrogen-bond donors (Lipinski definition) is 1. The number of rotatable bonds is 4. The van der Waals surface area contributed by atoms with Crippen molar-refractivity contribution in [2.75, 3.05) is 33.9 Å². The number of nitrogens with zero attached hydrogens (tertiary/aromatic N) is 1. The Morgan fingerprint density at radius 3 is 2.43 bits per heavy atom. The summed E-state index contributed by atoms with van der Waals surface area (Å²) in [5.74, 6) is 1.01. The van der Waals surface area contributed by atoms with Crippen molar-refractivity contribution >= 4 is 5.91 Å². The molecule has 6 heteroatoms. The molecule has 0 aromatic heterocycles. The molecular formula is C15H21NO5. The number of carbonyl (C=O) groups is 1. The van der Waals surface area contributed by atoms with Gasteiger partial charge in [-0.25, -0.2) is 0 Å². The van der Waals surface area contributed by atoms with E-state index in [9.17, 15) is 9.90 Å². The zero-order chi connectivity index (χ0) is 15.4. The second kappa shape index (κ2) is 6.78. The average molecular weight is 295 g/mol. The Morgan fingerprint density at radius 1 is 1.29 bits per heavy atom. The first-order chi connectivity index (χ1) is 10.1. The Kier molecular flexibility index (Phi) is 5.03. The zero-order valence-corrected chi connectivity index (χ0v) is 12.5. The molecule has 1 aromatic rings. The molecule has 1 aliphatic rings. The highest BCUT2D eigenvalue weighted by Gasteiger charge is 2.29. The van der Waals surface area contributed by atoms with E-state index in [1.807, 2.05) is 6.92 Å². The third-order valence-electron chi connectivity index (χ3n) is 3.42. The monoisotopic (exact) mass is 295 g/mol. The van der Waals surface area contributed by atoms with Crippen LogP contribution in [0.25, 0.3) is 0 Å². The van der Waals surface area contributed by atoms with Crippen molar-refractivity contribution < 1.29 is 24.1 Å². The van der Waals surface area contributed by atoms with Gasteiger partial charge in [-0.3, -0.25) is 4.79 Å². The molecule has 2 rings (SSSR count). The summed E-state index contributed by atoms with van der Waals surface area (Å²) >= 11 is 0. The van der Waals surface area contributed by atoms with Crippen LogP contribution < -0.4 is 9.47 Å². The van der Waals surface area contributed by atoms with E-state index in [4.69, 9.17) is 14.2 Å². The first-order valence-corrected chi connectivity index (χ1v) is 6.86. The van der Waals surface area contributed by atoms with Crippen LogP contribution >= 0.6 is 0 Å². The van der Waals surface area contributed by atoms with E-state index in [2.05, 4.69) is 0 Å². The van der Waals surface area contributed by atoms with Crippen molar-refractivity contribution in [3.8, 4) is 11.5 Å². The van der Waals surface area contributed by atoms with Crippen molar-refractivity contribution in [3.05, 3.63) is 23.8 Å². The van der Waals surface area contributed by atoms with Crippen molar-refractivity contribution in [1.82, 2.24) is 4.90 Å². The van der Waals surface area contributed by atoms with Gasteiger partial charge in [0.25, 0.3) is 5.91 Å². The van der Waals surface area contributed by atoms with Crippen LogP contribution in [0.2, 0.25) is 0 Å². The molecule has 1 amide bonds. The number of amides is 1. The van der Waals surface area contributed by atoms with Crippen LogP contribution in [0.15, 0.2) is 18.2 Å². The van der Waals surface area contributed by atoms with Crippen LogP contribution in [-0.4, -0.2) is 62.0 Å². The molecule has 116 valence electrons. The summed E-state index contributed by atoms with van der Waals surface area (Å²) < 4.78 is 15.9. The zero-order valence-electron chi connectivity index (χ0n) is 12.5. The maximum Gasteiger partial charge on any atom is 0.254 e. The van der Waals surface area contributed by atoms with E-state index in [1.54, 1.807) is 37.3 Å². The molecule has 2 unspecified atom stereocenters. The summed E-state index contributed by atoms with van der Waals surface area (Å²) in [6.07, 6.45) is -0.447. The molecule has 1 fully saturated rings. The molecule has 1 aromatic carbocycles. The average Bonchev–Trinajstić information content (AvgIpc) is 2.52. The summed E-state index contributed by atoms with van der Waals surface area (Å²) in [7, 11) is 3.09. The van der Waals surface area contributed by atoms with E-state index < -0.39 is 0 Å². The van der Waals surface area contributed by atoms with Crippen LogP contribution in [-0.2, 0) is 4.74 Å². The predicted molar refractivity (Wildman–Crippen MR) is 76.9 cm³/mol. The lowest BCUT2D eigenvalue weighted by Gasteiger charge is -2.36. The standard InChI is InChI=1S/C15H21NO5/c1-10-7-16(8-14(9-17)21-10)15(18)11-4-12(19-2)6-13(5-11)20-3/h4-6,10,14,17H,7-9H2,1-3H3. The predicted octanol–water partition coefficient (Wildman–Crippen LogP) is 0.926. The number of ether oxygens (including phenoxy) is 3. The Labute approximate surface area is 124 Å². The van der Waals surface area contributed by atoms with Gasteiger partial charge < -0.3 is 24.2 Å². The maximum atomic E-state index is 12.6. The smallest absolute Gasteiger partial charge is 0.254 e. The van der Waals surface area contributed by atoms with Gasteiger partial charge >= 0.3 is 0 Å². The highest BCUT2D eigenvalue weighted by molar-refractivity contribution is 5.95. The van der Waals surface area contributed by atoms with E-state index in [1.165, 1.54) is 0 Å². The molecule has 1 heterocycles. The number of hydrogen-bond acceptors (Lipinski definition) is 5. The largest absolute Gasteiger partial charge is 0.497 e. The van der Waals surface area contributed by atoms with Crippen molar-refractivity contribution in [2.45, 2.75) is 19.1 Å². The van der Waals surface area contributed by atoms with Crippen LogP contribution in [0, 0.1) is 0 Å². The Bertz CT molecular complexity index is 483. The Balaban J connectivity index is 2.22. The Morgan fingerprint density at radius 2 is 1.90 bits per heavy atom.